The Labute approximate surface area is 105 Å². The third-order valence-corrected chi connectivity index (χ3v) is 3.92. The predicted molar refractivity (Wildman–Crippen MR) is 69.3 cm³/mol. The molecule has 1 rings (SSSR count). The van der Waals surface area contributed by atoms with Gasteiger partial charge < -0.3 is 4.74 Å². The van der Waals surface area contributed by atoms with E-state index >= 15 is 0 Å². The molecule has 0 aliphatic rings. The number of Topliss-reactive ketones (excluding diaryl/α,β-unsaturated/α-hetero) is 1. The summed E-state index contributed by atoms with van der Waals surface area (Å²) in [5.74, 6) is 1.05. The van der Waals surface area contributed by atoms with Crippen LogP contribution in [0.4, 0.5) is 0 Å². The predicted octanol–water partition coefficient (Wildman–Crippen LogP) is 3.51. The first-order chi connectivity index (χ1) is 7.40. The van der Waals surface area contributed by atoms with Crippen molar-refractivity contribution in [3.8, 4) is 5.75 Å². The van der Waals surface area contributed by atoms with Gasteiger partial charge in [0, 0.05) is 6.42 Å². The Morgan fingerprint density at radius 2 is 1.75 bits per heavy atom. The summed E-state index contributed by atoms with van der Waals surface area (Å²) in [6.07, 6.45) is 0.487. The SMILES string of the molecule is COc1c(C)c(C)c(CC(C)=O)c(C)c1Br. The highest BCUT2D eigenvalue weighted by atomic mass is 79.9. The van der Waals surface area contributed by atoms with Crippen LogP contribution in [0.15, 0.2) is 4.47 Å². The van der Waals surface area contributed by atoms with Crippen LogP contribution in [-0.4, -0.2) is 12.9 Å². The lowest BCUT2D eigenvalue weighted by molar-refractivity contribution is -0.116. The number of rotatable bonds is 3. The minimum absolute atomic E-state index is 0.183. The van der Waals surface area contributed by atoms with Crippen LogP contribution in [-0.2, 0) is 11.2 Å². The van der Waals surface area contributed by atoms with Crippen molar-refractivity contribution in [3.05, 3.63) is 26.7 Å². The number of carbonyl (C=O) groups excluding carboxylic acids is 1. The van der Waals surface area contributed by atoms with Gasteiger partial charge in [0.15, 0.2) is 0 Å². The minimum Gasteiger partial charge on any atom is -0.495 e. The molecule has 0 saturated carbocycles. The van der Waals surface area contributed by atoms with Gasteiger partial charge in [-0.2, -0.15) is 0 Å². The zero-order valence-electron chi connectivity index (χ0n) is 10.4. The van der Waals surface area contributed by atoms with Gasteiger partial charge in [-0.1, -0.05) is 0 Å². The normalized spacial score (nSPS) is 10.4. The van der Waals surface area contributed by atoms with Crippen molar-refractivity contribution in [2.75, 3.05) is 7.11 Å². The highest BCUT2D eigenvalue weighted by Crippen LogP contribution is 2.37. The number of hydrogen-bond donors (Lipinski definition) is 0. The number of ketones is 1. The van der Waals surface area contributed by atoms with E-state index in [-0.39, 0.29) is 5.78 Å². The van der Waals surface area contributed by atoms with E-state index in [1.807, 2.05) is 20.8 Å². The zero-order chi connectivity index (χ0) is 12.5. The van der Waals surface area contributed by atoms with Crippen molar-refractivity contribution < 1.29 is 9.53 Å². The lowest BCUT2D eigenvalue weighted by Gasteiger charge is -2.17. The molecule has 0 unspecified atom stereocenters. The highest BCUT2D eigenvalue weighted by molar-refractivity contribution is 9.10. The molecule has 3 heteroatoms. The molecule has 16 heavy (non-hydrogen) atoms. The number of hydrogen-bond acceptors (Lipinski definition) is 2. The highest BCUT2D eigenvalue weighted by Gasteiger charge is 2.16. The van der Waals surface area contributed by atoms with Crippen LogP contribution < -0.4 is 4.74 Å². The van der Waals surface area contributed by atoms with Crippen LogP contribution in [0.1, 0.15) is 29.2 Å². The van der Waals surface area contributed by atoms with Gasteiger partial charge in [0.1, 0.15) is 11.5 Å². The van der Waals surface area contributed by atoms with Crippen molar-refractivity contribution in [1.82, 2.24) is 0 Å². The van der Waals surface area contributed by atoms with Crippen LogP contribution in [0.5, 0.6) is 5.75 Å². The summed E-state index contributed by atoms with van der Waals surface area (Å²) < 4.78 is 6.32. The summed E-state index contributed by atoms with van der Waals surface area (Å²) in [7, 11) is 1.66. The summed E-state index contributed by atoms with van der Waals surface area (Å²) in [6.45, 7) is 7.68. The van der Waals surface area contributed by atoms with E-state index in [9.17, 15) is 4.79 Å². The van der Waals surface area contributed by atoms with E-state index in [2.05, 4.69) is 15.9 Å². The van der Waals surface area contributed by atoms with Gasteiger partial charge in [-0.15, -0.1) is 0 Å². The molecule has 0 aromatic heterocycles. The monoisotopic (exact) mass is 284 g/mol. The second-order valence-electron chi connectivity index (χ2n) is 4.08. The average molecular weight is 285 g/mol. The molecular weight excluding hydrogens is 268 g/mol. The Morgan fingerprint density at radius 3 is 2.19 bits per heavy atom. The molecule has 0 N–H and O–H groups in total. The number of carbonyl (C=O) groups is 1. The fourth-order valence-electron chi connectivity index (χ4n) is 1.90. The average Bonchev–Trinajstić information content (AvgIpc) is 2.22. The van der Waals surface area contributed by atoms with Gasteiger partial charge in [-0.25, -0.2) is 0 Å². The van der Waals surface area contributed by atoms with E-state index in [1.54, 1.807) is 14.0 Å². The van der Waals surface area contributed by atoms with Gasteiger partial charge in [-0.3, -0.25) is 4.79 Å². The Balaban J connectivity index is 3.47. The number of benzene rings is 1. The Morgan fingerprint density at radius 1 is 1.19 bits per heavy atom. The molecular formula is C13H17BrO2. The topological polar surface area (TPSA) is 26.3 Å². The summed E-state index contributed by atoms with van der Waals surface area (Å²) in [5, 5.41) is 0. The Kier molecular flexibility index (Phi) is 4.14. The summed E-state index contributed by atoms with van der Waals surface area (Å²) >= 11 is 3.53. The smallest absolute Gasteiger partial charge is 0.136 e. The van der Waals surface area contributed by atoms with Crippen LogP contribution >= 0.6 is 15.9 Å². The molecule has 0 spiro atoms. The van der Waals surface area contributed by atoms with Crippen LogP contribution in [0, 0.1) is 20.8 Å². The molecule has 0 aliphatic carbocycles. The number of ether oxygens (including phenoxy) is 1. The lowest BCUT2D eigenvalue weighted by Crippen LogP contribution is -2.05. The number of methoxy groups -OCH3 is 1. The van der Waals surface area contributed by atoms with Gasteiger partial charge in [0.05, 0.1) is 11.6 Å². The van der Waals surface area contributed by atoms with Gasteiger partial charge >= 0.3 is 0 Å². The van der Waals surface area contributed by atoms with E-state index < -0.39 is 0 Å². The fourth-order valence-corrected chi connectivity index (χ4v) is 2.60. The van der Waals surface area contributed by atoms with Crippen molar-refractivity contribution in [3.63, 3.8) is 0 Å². The second-order valence-corrected chi connectivity index (χ2v) is 4.87. The Hall–Kier alpha value is -0.830. The van der Waals surface area contributed by atoms with Crippen molar-refractivity contribution in [2.45, 2.75) is 34.1 Å². The van der Waals surface area contributed by atoms with Crippen LogP contribution in [0.25, 0.3) is 0 Å². The summed E-state index contributed by atoms with van der Waals surface area (Å²) in [5.41, 5.74) is 4.44. The molecule has 0 amide bonds. The van der Waals surface area contributed by atoms with Crippen molar-refractivity contribution in [1.29, 1.82) is 0 Å². The first kappa shape index (κ1) is 13.2. The van der Waals surface area contributed by atoms with Gasteiger partial charge in [-0.05, 0) is 65.9 Å². The number of halogens is 1. The first-order valence-corrected chi connectivity index (χ1v) is 6.01. The molecule has 88 valence electrons. The maximum absolute atomic E-state index is 11.2. The summed E-state index contributed by atoms with van der Waals surface area (Å²) in [6, 6.07) is 0. The maximum atomic E-state index is 11.2. The molecule has 0 atom stereocenters. The molecule has 0 saturated heterocycles. The molecule has 2 nitrogen and oxygen atoms in total. The second kappa shape index (κ2) is 5.00. The van der Waals surface area contributed by atoms with Gasteiger partial charge in [0.2, 0.25) is 0 Å². The quantitative estimate of drug-likeness (QED) is 0.849. The van der Waals surface area contributed by atoms with E-state index in [0.29, 0.717) is 6.42 Å². The van der Waals surface area contributed by atoms with Crippen molar-refractivity contribution in [2.24, 2.45) is 0 Å². The first-order valence-electron chi connectivity index (χ1n) is 5.21. The van der Waals surface area contributed by atoms with Crippen LogP contribution in [0.3, 0.4) is 0 Å². The molecule has 0 aliphatic heterocycles. The molecule has 0 bridgehead atoms. The molecule has 0 heterocycles. The van der Waals surface area contributed by atoms with E-state index in [1.165, 1.54) is 0 Å². The van der Waals surface area contributed by atoms with E-state index in [0.717, 1.165) is 32.5 Å². The van der Waals surface area contributed by atoms with Crippen LogP contribution in [0.2, 0.25) is 0 Å². The summed E-state index contributed by atoms with van der Waals surface area (Å²) in [4.78, 5) is 11.2. The standard InChI is InChI=1S/C13H17BrO2/c1-7(15)6-11-8(2)9(3)13(16-5)12(14)10(11)4/h6H2,1-5H3. The third-order valence-electron chi connectivity index (χ3n) is 2.97. The molecule has 1 aromatic carbocycles. The lowest BCUT2D eigenvalue weighted by atomic mass is 9.94. The van der Waals surface area contributed by atoms with E-state index in [4.69, 9.17) is 4.74 Å². The molecule has 0 radical (unpaired) electrons. The van der Waals surface area contributed by atoms with Crippen molar-refractivity contribution >= 4 is 21.7 Å². The minimum atomic E-state index is 0.183. The van der Waals surface area contributed by atoms with Gasteiger partial charge in [0.25, 0.3) is 0 Å². The maximum Gasteiger partial charge on any atom is 0.136 e. The largest absolute Gasteiger partial charge is 0.495 e. The zero-order valence-corrected chi connectivity index (χ0v) is 12.0. The third kappa shape index (κ3) is 2.29. The Bertz CT molecular complexity index is 407. The fraction of sp³-hybridized carbons (Fsp3) is 0.462. The molecule has 0 fully saturated rings. The molecule has 1 aromatic rings.